The number of hydrogen-bond acceptors (Lipinski definition) is 5. The summed E-state index contributed by atoms with van der Waals surface area (Å²) in [7, 11) is 3.14. The SMILES string of the molecule is COc1cc(I)c(C(=O)N2CCN(CC(=O)NC3CC3)CC2)cc1OC. The molecule has 1 aromatic carbocycles. The van der Waals surface area contributed by atoms with Crippen LogP contribution in [-0.2, 0) is 4.79 Å². The monoisotopic (exact) mass is 473 g/mol. The lowest BCUT2D eigenvalue weighted by molar-refractivity contribution is -0.122. The number of nitrogens with one attached hydrogen (secondary N) is 1. The Morgan fingerprint density at radius 3 is 2.31 bits per heavy atom. The van der Waals surface area contributed by atoms with E-state index in [1.165, 1.54) is 0 Å². The predicted molar refractivity (Wildman–Crippen MR) is 106 cm³/mol. The normalized spacial score (nSPS) is 17.7. The molecule has 7 nitrogen and oxygen atoms in total. The average molecular weight is 473 g/mol. The van der Waals surface area contributed by atoms with Gasteiger partial charge in [-0.05, 0) is 47.6 Å². The van der Waals surface area contributed by atoms with E-state index in [-0.39, 0.29) is 11.8 Å². The summed E-state index contributed by atoms with van der Waals surface area (Å²) in [5.41, 5.74) is 0.614. The van der Waals surface area contributed by atoms with Crippen LogP contribution >= 0.6 is 22.6 Å². The van der Waals surface area contributed by atoms with Crippen LogP contribution in [0, 0.1) is 3.57 Å². The first-order valence-electron chi connectivity index (χ1n) is 8.74. The van der Waals surface area contributed by atoms with Crippen LogP contribution in [0.2, 0.25) is 0 Å². The first-order chi connectivity index (χ1) is 12.5. The molecule has 1 heterocycles. The molecule has 1 N–H and O–H groups in total. The third-order valence-electron chi connectivity index (χ3n) is 4.67. The summed E-state index contributed by atoms with van der Waals surface area (Å²) >= 11 is 2.14. The summed E-state index contributed by atoms with van der Waals surface area (Å²) < 4.78 is 11.4. The highest BCUT2D eigenvalue weighted by atomic mass is 127. The molecule has 1 aliphatic carbocycles. The molecule has 1 aliphatic heterocycles. The summed E-state index contributed by atoms with van der Waals surface area (Å²) in [5.74, 6) is 1.23. The number of ether oxygens (including phenoxy) is 2. The predicted octanol–water partition coefficient (Wildman–Crippen LogP) is 1.34. The van der Waals surface area contributed by atoms with Crippen molar-refractivity contribution in [3.05, 3.63) is 21.3 Å². The molecule has 0 aromatic heterocycles. The maximum absolute atomic E-state index is 12.9. The van der Waals surface area contributed by atoms with Gasteiger partial charge in [-0.1, -0.05) is 0 Å². The minimum atomic E-state index is -0.0163. The molecule has 1 saturated carbocycles. The van der Waals surface area contributed by atoms with Gasteiger partial charge < -0.3 is 19.7 Å². The Bertz CT molecular complexity index is 685. The highest BCUT2D eigenvalue weighted by molar-refractivity contribution is 14.1. The molecule has 0 spiro atoms. The number of hydrogen-bond donors (Lipinski definition) is 1. The zero-order valence-corrected chi connectivity index (χ0v) is 17.2. The summed E-state index contributed by atoms with van der Waals surface area (Å²) in [6.07, 6.45) is 2.19. The van der Waals surface area contributed by atoms with E-state index in [0.29, 0.717) is 55.8 Å². The van der Waals surface area contributed by atoms with E-state index in [1.54, 1.807) is 20.3 Å². The smallest absolute Gasteiger partial charge is 0.255 e. The molecule has 0 radical (unpaired) electrons. The fraction of sp³-hybridized carbons (Fsp3) is 0.556. The molecule has 2 amide bonds. The number of methoxy groups -OCH3 is 2. The van der Waals surface area contributed by atoms with Gasteiger partial charge in [0.1, 0.15) is 0 Å². The van der Waals surface area contributed by atoms with Crippen LogP contribution in [-0.4, -0.2) is 74.6 Å². The van der Waals surface area contributed by atoms with Gasteiger partial charge in [0.15, 0.2) is 11.5 Å². The second kappa shape index (κ2) is 8.43. The summed E-state index contributed by atoms with van der Waals surface area (Å²) in [6.45, 7) is 3.04. The van der Waals surface area contributed by atoms with Crippen LogP contribution in [0.4, 0.5) is 0 Å². The van der Waals surface area contributed by atoms with Crippen molar-refractivity contribution in [2.45, 2.75) is 18.9 Å². The molecule has 1 saturated heterocycles. The lowest BCUT2D eigenvalue weighted by Gasteiger charge is -2.34. The molecular weight excluding hydrogens is 449 g/mol. The van der Waals surface area contributed by atoms with Crippen LogP contribution in [0.5, 0.6) is 11.5 Å². The Labute approximate surface area is 167 Å². The standard InChI is InChI=1S/C18H24IN3O4/c1-25-15-9-13(14(19)10-16(15)26-2)18(24)22-7-5-21(6-8-22)11-17(23)20-12-3-4-12/h9-10,12H,3-8,11H2,1-2H3,(H,20,23). The Hall–Kier alpha value is -1.55. The van der Waals surface area contributed by atoms with Gasteiger partial charge in [-0.3, -0.25) is 14.5 Å². The number of amides is 2. The van der Waals surface area contributed by atoms with Crippen LogP contribution < -0.4 is 14.8 Å². The van der Waals surface area contributed by atoms with Crippen molar-refractivity contribution >= 4 is 34.4 Å². The van der Waals surface area contributed by atoms with Crippen LogP contribution in [0.25, 0.3) is 0 Å². The fourth-order valence-corrected chi connectivity index (χ4v) is 3.67. The zero-order valence-electron chi connectivity index (χ0n) is 15.1. The number of halogens is 1. The minimum absolute atomic E-state index is 0.0163. The average Bonchev–Trinajstić information content (AvgIpc) is 3.45. The number of rotatable bonds is 6. The minimum Gasteiger partial charge on any atom is -0.493 e. The lowest BCUT2D eigenvalue weighted by Crippen LogP contribution is -2.51. The maximum atomic E-state index is 12.9. The van der Waals surface area contributed by atoms with Gasteiger partial charge in [-0.2, -0.15) is 0 Å². The van der Waals surface area contributed by atoms with Crippen molar-refractivity contribution in [3.8, 4) is 11.5 Å². The molecule has 142 valence electrons. The largest absolute Gasteiger partial charge is 0.493 e. The first-order valence-corrected chi connectivity index (χ1v) is 9.82. The van der Waals surface area contributed by atoms with Gasteiger partial charge in [0, 0.05) is 35.8 Å². The van der Waals surface area contributed by atoms with E-state index in [1.807, 2.05) is 11.0 Å². The topological polar surface area (TPSA) is 71.1 Å². The van der Waals surface area contributed by atoms with Crippen LogP contribution in [0.1, 0.15) is 23.2 Å². The molecule has 0 bridgehead atoms. The number of benzene rings is 1. The third kappa shape index (κ3) is 4.59. The molecule has 2 fully saturated rings. The quantitative estimate of drug-likeness (QED) is 0.632. The van der Waals surface area contributed by atoms with E-state index in [9.17, 15) is 9.59 Å². The van der Waals surface area contributed by atoms with Gasteiger partial charge >= 0.3 is 0 Å². The van der Waals surface area contributed by atoms with E-state index < -0.39 is 0 Å². The Morgan fingerprint density at radius 2 is 1.73 bits per heavy atom. The second-order valence-corrected chi connectivity index (χ2v) is 7.76. The third-order valence-corrected chi connectivity index (χ3v) is 5.57. The highest BCUT2D eigenvalue weighted by Crippen LogP contribution is 2.32. The van der Waals surface area contributed by atoms with Crippen molar-refractivity contribution < 1.29 is 19.1 Å². The number of carbonyl (C=O) groups is 2. The molecular formula is C18H24IN3O4. The van der Waals surface area contributed by atoms with Crippen LogP contribution in [0.3, 0.4) is 0 Å². The summed E-state index contributed by atoms with van der Waals surface area (Å²) in [4.78, 5) is 28.7. The van der Waals surface area contributed by atoms with E-state index in [4.69, 9.17) is 9.47 Å². The molecule has 2 aliphatic rings. The molecule has 8 heteroatoms. The lowest BCUT2D eigenvalue weighted by atomic mass is 10.1. The van der Waals surface area contributed by atoms with Gasteiger partial charge in [0.05, 0.1) is 26.3 Å². The Balaban J connectivity index is 1.58. The van der Waals surface area contributed by atoms with Crippen molar-refractivity contribution in [3.63, 3.8) is 0 Å². The van der Waals surface area contributed by atoms with Crippen molar-refractivity contribution in [1.82, 2.24) is 15.1 Å². The first kappa shape index (κ1) is 19.2. The van der Waals surface area contributed by atoms with Gasteiger partial charge in [0.2, 0.25) is 5.91 Å². The summed E-state index contributed by atoms with van der Waals surface area (Å²) in [5, 5.41) is 3.00. The molecule has 3 rings (SSSR count). The molecule has 1 aromatic rings. The van der Waals surface area contributed by atoms with Gasteiger partial charge in [-0.15, -0.1) is 0 Å². The van der Waals surface area contributed by atoms with Crippen LogP contribution in [0.15, 0.2) is 12.1 Å². The number of carbonyl (C=O) groups excluding carboxylic acids is 2. The Morgan fingerprint density at radius 1 is 1.12 bits per heavy atom. The van der Waals surface area contributed by atoms with Crippen molar-refractivity contribution in [1.29, 1.82) is 0 Å². The number of nitrogens with zero attached hydrogens (tertiary/aromatic N) is 2. The second-order valence-electron chi connectivity index (χ2n) is 6.60. The van der Waals surface area contributed by atoms with Crippen molar-refractivity contribution in [2.75, 3.05) is 46.9 Å². The Kier molecular flexibility index (Phi) is 6.23. The number of piperazine rings is 1. The van der Waals surface area contributed by atoms with E-state index >= 15 is 0 Å². The highest BCUT2D eigenvalue weighted by Gasteiger charge is 2.27. The van der Waals surface area contributed by atoms with Gasteiger partial charge in [0.25, 0.3) is 5.91 Å². The van der Waals surface area contributed by atoms with Crippen molar-refractivity contribution in [2.24, 2.45) is 0 Å². The summed E-state index contributed by atoms with van der Waals surface area (Å²) in [6, 6.07) is 3.93. The molecule has 0 atom stereocenters. The van der Waals surface area contributed by atoms with Gasteiger partial charge in [-0.25, -0.2) is 0 Å². The zero-order chi connectivity index (χ0) is 18.7. The fourth-order valence-electron chi connectivity index (χ4n) is 3.00. The molecule has 26 heavy (non-hydrogen) atoms. The van der Waals surface area contributed by atoms with E-state index in [2.05, 4.69) is 32.8 Å². The maximum Gasteiger partial charge on any atom is 0.255 e. The molecule has 0 unspecified atom stereocenters. The van der Waals surface area contributed by atoms with E-state index in [0.717, 1.165) is 16.4 Å².